The van der Waals surface area contributed by atoms with E-state index in [-0.39, 0.29) is 24.0 Å². The van der Waals surface area contributed by atoms with Crippen LogP contribution in [0.3, 0.4) is 0 Å². The number of nitrogens with zero attached hydrogens (tertiary/aromatic N) is 3. The Balaban J connectivity index is 2.24. The zero-order valence-electron chi connectivity index (χ0n) is 13.5. The third-order valence-electron chi connectivity index (χ3n) is 4.02. The Kier molecular flexibility index (Phi) is 4.27. The fraction of sp³-hybridized carbons (Fsp3) is 0.733. The molecule has 0 radical (unpaired) electrons. The van der Waals surface area contributed by atoms with E-state index < -0.39 is 6.23 Å². The van der Waals surface area contributed by atoms with E-state index in [0.29, 0.717) is 5.82 Å². The maximum absolute atomic E-state index is 12.4. The summed E-state index contributed by atoms with van der Waals surface area (Å²) < 4.78 is 5.41. The Morgan fingerprint density at radius 1 is 1.52 bits per heavy atom. The molecule has 1 aromatic heterocycles. The summed E-state index contributed by atoms with van der Waals surface area (Å²) in [4.78, 5) is 15.3. The number of aliphatic hydroxyl groups is 1. The predicted molar refractivity (Wildman–Crippen MR) is 80.2 cm³/mol. The molecule has 1 saturated heterocycles. The number of β-amino-alcohol motifs (C(OH)–C–C–N with tert-alkyl or cyclic N) is 1. The molecule has 21 heavy (non-hydrogen) atoms. The van der Waals surface area contributed by atoms with Gasteiger partial charge in [-0.05, 0) is 20.3 Å². The number of carbonyl (C=O) groups excluding carboxylic acids is 1. The van der Waals surface area contributed by atoms with Crippen LogP contribution in [0, 0.1) is 0 Å². The molecular weight excluding hydrogens is 270 g/mol. The lowest BCUT2D eigenvalue weighted by atomic mass is 9.85. The van der Waals surface area contributed by atoms with Crippen molar-refractivity contribution < 1.29 is 14.4 Å². The predicted octanol–water partition coefficient (Wildman–Crippen LogP) is 2.72. The molecule has 0 aromatic carbocycles. The smallest absolute Gasteiger partial charge is 0.328 e. The van der Waals surface area contributed by atoms with Gasteiger partial charge in [0.25, 0.3) is 0 Å². The van der Waals surface area contributed by atoms with Crippen LogP contribution in [-0.4, -0.2) is 40.0 Å². The Morgan fingerprint density at radius 2 is 2.19 bits per heavy atom. The first-order chi connectivity index (χ1) is 9.77. The number of hydrogen-bond donors (Lipinski definition) is 1. The van der Waals surface area contributed by atoms with Crippen LogP contribution in [0.25, 0.3) is 0 Å². The van der Waals surface area contributed by atoms with Crippen molar-refractivity contribution in [3.05, 3.63) is 11.8 Å². The summed E-state index contributed by atoms with van der Waals surface area (Å²) in [6, 6.07) is 1.58. The highest BCUT2D eigenvalue weighted by atomic mass is 16.5. The van der Waals surface area contributed by atoms with Crippen LogP contribution in [0.15, 0.2) is 10.6 Å². The highest BCUT2D eigenvalue weighted by molar-refractivity contribution is 5.93. The normalized spacial score (nSPS) is 20.0. The number of carbonyl (C=O) groups is 1. The van der Waals surface area contributed by atoms with Crippen LogP contribution in [0.2, 0.25) is 0 Å². The maximum atomic E-state index is 12.4. The van der Waals surface area contributed by atoms with Crippen LogP contribution in [0.1, 0.15) is 53.2 Å². The minimum Gasteiger partial charge on any atom is -0.371 e. The van der Waals surface area contributed by atoms with Crippen molar-refractivity contribution in [2.75, 3.05) is 11.4 Å². The monoisotopic (exact) mass is 295 g/mol. The quantitative estimate of drug-likeness (QED) is 0.906. The number of urea groups is 1. The van der Waals surface area contributed by atoms with Crippen molar-refractivity contribution in [2.24, 2.45) is 0 Å². The summed E-state index contributed by atoms with van der Waals surface area (Å²) in [6.45, 7) is 10.4. The van der Waals surface area contributed by atoms with Gasteiger partial charge in [0, 0.05) is 17.5 Å². The molecule has 2 heterocycles. The second kappa shape index (κ2) is 5.67. The third kappa shape index (κ3) is 2.90. The number of aliphatic hydroxyl groups excluding tert-OH is 1. The van der Waals surface area contributed by atoms with Crippen molar-refractivity contribution in [3.8, 4) is 0 Å². The first-order valence-corrected chi connectivity index (χ1v) is 7.53. The molecule has 2 rings (SSSR count). The Hall–Kier alpha value is -1.56. The molecule has 1 unspecified atom stereocenters. The second-order valence-electron chi connectivity index (χ2n) is 6.56. The molecule has 1 atom stereocenters. The van der Waals surface area contributed by atoms with Crippen molar-refractivity contribution >= 4 is 11.8 Å². The first kappa shape index (κ1) is 15.8. The Morgan fingerprint density at radius 3 is 2.71 bits per heavy atom. The third-order valence-corrected chi connectivity index (χ3v) is 4.02. The zero-order valence-corrected chi connectivity index (χ0v) is 13.5. The van der Waals surface area contributed by atoms with E-state index in [9.17, 15) is 9.90 Å². The van der Waals surface area contributed by atoms with Crippen molar-refractivity contribution in [1.82, 2.24) is 10.1 Å². The molecule has 1 fully saturated rings. The fourth-order valence-corrected chi connectivity index (χ4v) is 2.73. The van der Waals surface area contributed by atoms with E-state index in [4.69, 9.17) is 4.52 Å². The van der Waals surface area contributed by atoms with Gasteiger partial charge in [-0.3, -0.25) is 0 Å². The topological polar surface area (TPSA) is 69.8 Å². The molecule has 118 valence electrons. The van der Waals surface area contributed by atoms with Crippen LogP contribution < -0.4 is 4.90 Å². The van der Waals surface area contributed by atoms with Gasteiger partial charge >= 0.3 is 6.03 Å². The number of hydrogen-bond acceptors (Lipinski definition) is 4. The van der Waals surface area contributed by atoms with Gasteiger partial charge in [0.05, 0.1) is 6.54 Å². The minimum absolute atomic E-state index is 0.0417. The standard InChI is InChI=1S/C15H25N3O3/c1-6-7-15(4,5)11-8-12(16-21-11)18-13(19)9-17(10(2)3)14(18)20/h8,10,13,19H,6-7,9H2,1-5H3. The van der Waals surface area contributed by atoms with E-state index in [1.54, 1.807) is 11.0 Å². The van der Waals surface area contributed by atoms with Gasteiger partial charge in [0.2, 0.25) is 0 Å². The lowest BCUT2D eigenvalue weighted by molar-refractivity contribution is 0.166. The molecule has 1 aliphatic heterocycles. The molecule has 0 saturated carbocycles. The average Bonchev–Trinajstić information content (AvgIpc) is 2.94. The highest BCUT2D eigenvalue weighted by Crippen LogP contribution is 2.32. The fourth-order valence-electron chi connectivity index (χ4n) is 2.73. The highest BCUT2D eigenvalue weighted by Gasteiger charge is 2.40. The lowest BCUT2D eigenvalue weighted by Crippen LogP contribution is -2.37. The first-order valence-electron chi connectivity index (χ1n) is 7.53. The summed E-state index contributed by atoms with van der Waals surface area (Å²) in [5.41, 5.74) is -0.133. The van der Waals surface area contributed by atoms with E-state index in [1.165, 1.54) is 4.90 Å². The van der Waals surface area contributed by atoms with Gasteiger partial charge in [0.15, 0.2) is 12.0 Å². The number of rotatable bonds is 5. The average molecular weight is 295 g/mol. The Labute approximate surface area is 125 Å². The number of anilines is 1. The van der Waals surface area contributed by atoms with E-state index in [0.717, 1.165) is 18.6 Å². The molecule has 1 aromatic rings. The van der Waals surface area contributed by atoms with Crippen molar-refractivity contribution in [3.63, 3.8) is 0 Å². The largest absolute Gasteiger partial charge is 0.371 e. The van der Waals surface area contributed by atoms with Gasteiger partial charge in [-0.25, -0.2) is 9.69 Å². The molecule has 2 amide bonds. The summed E-state index contributed by atoms with van der Waals surface area (Å²) in [6.07, 6.45) is 1.12. The molecule has 1 aliphatic rings. The van der Waals surface area contributed by atoms with Crippen LogP contribution in [0.4, 0.5) is 10.6 Å². The summed E-state index contributed by atoms with van der Waals surface area (Å²) >= 11 is 0. The van der Waals surface area contributed by atoms with Crippen molar-refractivity contribution in [2.45, 2.75) is 65.1 Å². The summed E-state index contributed by atoms with van der Waals surface area (Å²) in [5, 5.41) is 14.1. The Bertz CT molecular complexity index is 510. The van der Waals surface area contributed by atoms with Crippen LogP contribution in [0.5, 0.6) is 0 Å². The lowest BCUT2D eigenvalue weighted by Gasteiger charge is -2.20. The molecule has 0 bridgehead atoms. The second-order valence-corrected chi connectivity index (χ2v) is 6.56. The zero-order chi connectivity index (χ0) is 15.8. The van der Waals surface area contributed by atoms with Gasteiger partial charge in [-0.15, -0.1) is 0 Å². The van der Waals surface area contributed by atoms with E-state index in [1.807, 2.05) is 13.8 Å². The molecule has 0 spiro atoms. The van der Waals surface area contributed by atoms with Gasteiger partial charge in [-0.2, -0.15) is 0 Å². The van der Waals surface area contributed by atoms with Crippen molar-refractivity contribution in [1.29, 1.82) is 0 Å². The summed E-state index contributed by atoms with van der Waals surface area (Å²) in [7, 11) is 0. The van der Waals surface area contributed by atoms with Crippen LogP contribution in [-0.2, 0) is 5.41 Å². The van der Waals surface area contributed by atoms with Gasteiger partial charge in [0.1, 0.15) is 5.76 Å². The maximum Gasteiger partial charge on any atom is 0.328 e. The SMILES string of the molecule is CCCC(C)(C)c1cc(N2C(=O)N(C(C)C)CC2O)no1. The van der Waals surface area contributed by atoms with Crippen LogP contribution >= 0.6 is 0 Å². The minimum atomic E-state index is -0.882. The van der Waals surface area contributed by atoms with E-state index >= 15 is 0 Å². The number of aromatic nitrogens is 1. The summed E-state index contributed by atoms with van der Waals surface area (Å²) in [5.74, 6) is 1.12. The number of amides is 2. The molecule has 1 N–H and O–H groups in total. The molecule has 6 nitrogen and oxygen atoms in total. The molecule has 0 aliphatic carbocycles. The van der Waals surface area contributed by atoms with Gasteiger partial charge in [-0.1, -0.05) is 32.3 Å². The van der Waals surface area contributed by atoms with Gasteiger partial charge < -0.3 is 14.5 Å². The van der Waals surface area contributed by atoms with E-state index in [2.05, 4.69) is 25.9 Å². The molecule has 6 heteroatoms. The molecular formula is C15H25N3O3.